The van der Waals surface area contributed by atoms with Crippen molar-refractivity contribution in [3.63, 3.8) is 0 Å². The molecule has 0 spiro atoms. The minimum absolute atomic E-state index is 0.0778. The normalized spacial score (nSPS) is 29.8. The fourth-order valence-electron chi connectivity index (χ4n) is 5.92. The van der Waals surface area contributed by atoms with E-state index in [2.05, 4.69) is 10.5 Å². The maximum atomic E-state index is 13.3. The summed E-state index contributed by atoms with van der Waals surface area (Å²) in [5, 5.41) is 7.40. The first-order chi connectivity index (χ1) is 14.1. The zero-order valence-corrected chi connectivity index (χ0v) is 17.2. The Bertz CT molecular complexity index is 847. The number of hydrogen-bond acceptors (Lipinski definition) is 6. The average molecular weight is 414 g/mol. The second-order valence-electron chi connectivity index (χ2n) is 8.85. The molecule has 1 aromatic heterocycles. The highest BCUT2D eigenvalue weighted by atomic mass is 32.2. The number of hydrogen-bond donors (Lipinski definition) is 2. The number of nitrogens with one attached hydrogen (secondary N) is 1. The summed E-state index contributed by atoms with van der Waals surface area (Å²) in [4.78, 5) is 14.9. The van der Waals surface area contributed by atoms with Crippen LogP contribution in [0.2, 0.25) is 0 Å². The van der Waals surface area contributed by atoms with Crippen LogP contribution in [0, 0.1) is 17.8 Å². The monoisotopic (exact) mass is 413 g/mol. The molecule has 7 heteroatoms. The van der Waals surface area contributed by atoms with Gasteiger partial charge in [0.25, 0.3) is 11.8 Å². The number of nitrogens with two attached hydrogens (primary N) is 1. The van der Waals surface area contributed by atoms with Crippen molar-refractivity contribution in [2.45, 2.75) is 53.9 Å². The molecule has 4 bridgehead atoms. The summed E-state index contributed by atoms with van der Waals surface area (Å²) < 4.78 is 11.1. The zero-order valence-electron chi connectivity index (χ0n) is 16.4. The highest BCUT2D eigenvalue weighted by molar-refractivity contribution is 7.99. The lowest BCUT2D eigenvalue weighted by Gasteiger charge is -2.56. The Labute approximate surface area is 174 Å². The average Bonchev–Trinajstić information content (AvgIpc) is 3.08. The van der Waals surface area contributed by atoms with Gasteiger partial charge in [-0.1, -0.05) is 30.0 Å². The van der Waals surface area contributed by atoms with Crippen molar-refractivity contribution in [2.24, 2.45) is 23.5 Å². The van der Waals surface area contributed by atoms with E-state index in [1.807, 2.05) is 30.3 Å². The Morgan fingerprint density at radius 1 is 1.17 bits per heavy atom. The Morgan fingerprint density at radius 2 is 1.83 bits per heavy atom. The molecule has 6 rings (SSSR count). The standard InChI is InChI=1S/C22H27N3O3S/c23-6-7-27-21-19(29-17-4-2-1-3-5-17)18(28-25-21)20(26)24-22-11-14-8-15(12-22)10-16(9-14)13-22/h1-5,14-16H,6-13,23H2,(H,24,26). The topological polar surface area (TPSA) is 90.4 Å². The molecular weight excluding hydrogens is 386 g/mol. The van der Waals surface area contributed by atoms with Crippen LogP contribution < -0.4 is 15.8 Å². The fourth-order valence-corrected chi connectivity index (χ4v) is 6.85. The van der Waals surface area contributed by atoms with Gasteiger partial charge in [-0.05, 0) is 73.6 Å². The first kappa shape index (κ1) is 19.0. The van der Waals surface area contributed by atoms with Gasteiger partial charge in [-0.15, -0.1) is 0 Å². The molecule has 29 heavy (non-hydrogen) atoms. The molecule has 6 nitrogen and oxygen atoms in total. The smallest absolute Gasteiger partial charge is 0.291 e. The van der Waals surface area contributed by atoms with E-state index in [4.69, 9.17) is 15.0 Å². The van der Waals surface area contributed by atoms with Gasteiger partial charge in [0, 0.05) is 17.0 Å². The van der Waals surface area contributed by atoms with Gasteiger partial charge in [-0.25, -0.2) is 0 Å². The lowest BCUT2D eigenvalue weighted by molar-refractivity contribution is -0.0173. The molecule has 4 aliphatic rings. The summed E-state index contributed by atoms with van der Waals surface area (Å²) in [5.74, 6) is 2.68. The van der Waals surface area contributed by atoms with E-state index in [1.54, 1.807) is 0 Å². The Morgan fingerprint density at radius 3 is 2.45 bits per heavy atom. The number of carbonyl (C=O) groups is 1. The number of nitrogens with zero attached hydrogens (tertiary/aromatic N) is 1. The minimum atomic E-state index is -0.180. The van der Waals surface area contributed by atoms with Crippen molar-refractivity contribution >= 4 is 17.7 Å². The maximum absolute atomic E-state index is 13.3. The number of benzene rings is 1. The van der Waals surface area contributed by atoms with Crippen molar-refractivity contribution in [3.8, 4) is 5.88 Å². The largest absolute Gasteiger partial charge is 0.473 e. The molecule has 4 aliphatic carbocycles. The quantitative estimate of drug-likeness (QED) is 0.716. The van der Waals surface area contributed by atoms with Gasteiger partial charge in [0.1, 0.15) is 11.5 Å². The summed E-state index contributed by atoms with van der Waals surface area (Å²) in [5.41, 5.74) is 5.49. The minimum Gasteiger partial charge on any atom is -0.473 e. The molecule has 0 saturated heterocycles. The summed E-state index contributed by atoms with van der Waals surface area (Å²) in [6.07, 6.45) is 7.29. The fraction of sp³-hybridized carbons (Fsp3) is 0.545. The van der Waals surface area contributed by atoms with E-state index in [1.165, 1.54) is 31.0 Å². The van der Waals surface area contributed by atoms with Crippen molar-refractivity contribution in [1.82, 2.24) is 10.5 Å². The summed E-state index contributed by atoms with van der Waals surface area (Å²) in [6, 6.07) is 9.87. The van der Waals surface area contributed by atoms with Crippen molar-refractivity contribution < 1.29 is 14.1 Å². The Hall–Kier alpha value is -1.99. The van der Waals surface area contributed by atoms with Gasteiger partial charge in [0.05, 0.1) is 0 Å². The molecule has 154 valence electrons. The van der Waals surface area contributed by atoms with E-state index in [9.17, 15) is 4.79 Å². The van der Waals surface area contributed by atoms with Gasteiger partial charge < -0.3 is 20.3 Å². The van der Waals surface area contributed by atoms with E-state index in [0.717, 1.165) is 41.9 Å². The van der Waals surface area contributed by atoms with Crippen LogP contribution in [0.5, 0.6) is 5.88 Å². The van der Waals surface area contributed by atoms with Gasteiger partial charge in [0.15, 0.2) is 0 Å². The van der Waals surface area contributed by atoms with Crippen LogP contribution in [-0.4, -0.2) is 29.8 Å². The van der Waals surface area contributed by atoms with Crippen LogP contribution in [0.4, 0.5) is 0 Å². The molecule has 4 fully saturated rings. The van der Waals surface area contributed by atoms with E-state index >= 15 is 0 Å². The highest BCUT2D eigenvalue weighted by Crippen LogP contribution is 2.55. The van der Waals surface area contributed by atoms with Crippen LogP contribution in [0.25, 0.3) is 0 Å². The second-order valence-corrected chi connectivity index (χ2v) is 9.93. The van der Waals surface area contributed by atoms with Crippen LogP contribution in [0.15, 0.2) is 44.6 Å². The number of ether oxygens (including phenoxy) is 1. The molecule has 0 aliphatic heterocycles. The van der Waals surface area contributed by atoms with Crippen LogP contribution in [0.1, 0.15) is 49.1 Å². The lowest BCUT2D eigenvalue weighted by Crippen LogP contribution is -2.59. The third-order valence-corrected chi connectivity index (χ3v) is 7.64. The molecule has 1 aromatic carbocycles. The van der Waals surface area contributed by atoms with E-state index in [0.29, 0.717) is 23.9 Å². The van der Waals surface area contributed by atoms with Crippen molar-refractivity contribution in [1.29, 1.82) is 0 Å². The number of carbonyl (C=O) groups excluding carboxylic acids is 1. The van der Waals surface area contributed by atoms with E-state index in [-0.39, 0.29) is 17.2 Å². The third-order valence-electron chi connectivity index (χ3n) is 6.56. The number of rotatable bonds is 7. The maximum Gasteiger partial charge on any atom is 0.291 e. The molecule has 4 saturated carbocycles. The number of aromatic nitrogens is 1. The summed E-state index contributed by atoms with van der Waals surface area (Å²) in [6.45, 7) is 0.696. The molecular formula is C22H27N3O3S. The van der Waals surface area contributed by atoms with Crippen molar-refractivity contribution in [3.05, 3.63) is 36.1 Å². The third kappa shape index (κ3) is 3.78. The van der Waals surface area contributed by atoms with Crippen molar-refractivity contribution in [2.75, 3.05) is 13.2 Å². The molecule has 0 atom stereocenters. The Balaban J connectivity index is 1.39. The van der Waals surface area contributed by atoms with Crippen LogP contribution in [0.3, 0.4) is 0 Å². The van der Waals surface area contributed by atoms with Gasteiger partial charge in [0.2, 0.25) is 5.76 Å². The highest BCUT2D eigenvalue weighted by Gasteiger charge is 2.52. The zero-order chi connectivity index (χ0) is 19.8. The number of amides is 1. The lowest BCUT2D eigenvalue weighted by atomic mass is 9.53. The first-order valence-corrected chi connectivity index (χ1v) is 11.3. The molecule has 1 amide bonds. The molecule has 0 radical (unpaired) electrons. The summed E-state index contributed by atoms with van der Waals surface area (Å²) in [7, 11) is 0. The Kier molecular flexibility index (Phi) is 5.04. The molecule has 0 unspecified atom stereocenters. The van der Waals surface area contributed by atoms with Gasteiger partial charge >= 0.3 is 0 Å². The van der Waals surface area contributed by atoms with Crippen LogP contribution >= 0.6 is 11.8 Å². The molecule has 1 heterocycles. The predicted octanol–water partition coefficient (Wildman–Crippen LogP) is 3.86. The first-order valence-electron chi connectivity index (χ1n) is 10.5. The molecule has 3 N–H and O–H groups in total. The predicted molar refractivity (Wildman–Crippen MR) is 110 cm³/mol. The second kappa shape index (κ2) is 7.69. The van der Waals surface area contributed by atoms with Crippen LogP contribution in [-0.2, 0) is 0 Å². The summed E-state index contributed by atoms with van der Waals surface area (Å²) >= 11 is 1.44. The SMILES string of the molecule is NCCOc1noc(C(=O)NC23CC4CC(CC(C4)C2)C3)c1Sc1ccccc1. The molecule has 2 aromatic rings. The van der Waals surface area contributed by atoms with Gasteiger partial charge in [-0.3, -0.25) is 4.79 Å². The van der Waals surface area contributed by atoms with Gasteiger partial charge in [-0.2, -0.15) is 0 Å². The van der Waals surface area contributed by atoms with E-state index < -0.39 is 0 Å².